The van der Waals surface area contributed by atoms with Gasteiger partial charge in [0.15, 0.2) is 0 Å². The van der Waals surface area contributed by atoms with Crippen LogP contribution in [0, 0.1) is 0 Å². The van der Waals surface area contributed by atoms with E-state index in [2.05, 4.69) is 235 Å². The molecule has 368 valence electrons. The van der Waals surface area contributed by atoms with Gasteiger partial charge in [-0.3, -0.25) is 0 Å². The molecule has 2 aliphatic rings. The van der Waals surface area contributed by atoms with Gasteiger partial charge in [-0.25, -0.2) is 9.97 Å². The molecule has 8 bridgehead atoms. The molecule has 1 unspecified atom stereocenters. The van der Waals surface area contributed by atoms with Crippen molar-refractivity contribution in [3.8, 4) is 44.5 Å². The second-order valence-corrected chi connectivity index (χ2v) is 24.0. The first-order valence-electron chi connectivity index (χ1n) is 25.5. The average molecular weight is 1000 g/mol. The maximum absolute atomic E-state index is 13.4. The largest absolute Gasteiger partial charge is 2.00 e. The topological polar surface area (TPSA) is 74.2 Å². The minimum Gasteiger partial charge on any atom is -0.657 e. The number of hydrogen-bond acceptors (Lipinski definition) is 3. The molecule has 1 N–H and O–H groups in total. The Balaban J connectivity index is 0.00000611. The van der Waals surface area contributed by atoms with E-state index in [1.165, 1.54) is 22.3 Å². The van der Waals surface area contributed by atoms with Gasteiger partial charge in [0.05, 0.1) is 22.6 Å². The van der Waals surface area contributed by atoms with E-state index in [-0.39, 0.29) is 38.2 Å². The molecule has 73 heavy (non-hydrogen) atoms. The van der Waals surface area contributed by atoms with Gasteiger partial charge in [-0.05, 0) is 123 Å². The van der Waals surface area contributed by atoms with E-state index in [1.54, 1.807) is 0 Å². The summed E-state index contributed by atoms with van der Waals surface area (Å²) in [5, 5.41) is 16.4. The van der Waals surface area contributed by atoms with Crippen LogP contribution in [0.2, 0.25) is 0 Å². The summed E-state index contributed by atoms with van der Waals surface area (Å²) in [6, 6.07) is 52.3. The molecule has 5 nitrogen and oxygen atoms in total. The number of rotatable bonds is 4. The molecular formula is C67H64N4NiO. The van der Waals surface area contributed by atoms with Gasteiger partial charge in [-0.15, -0.1) is 22.1 Å². The van der Waals surface area contributed by atoms with Crippen molar-refractivity contribution in [3.05, 3.63) is 190 Å². The van der Waals surface area contributed by atoms with Gasteiger partial charge in [0, 0.05) is 5.56 Å². The molecule has 0 saturated heterocycles. The van der Waals surface area contributed by atoms with Crippen LogP contribution in [-0.2, 0) is 38.2 Å². The van der Waals surface area contributed by atoms with Gasteiger partial charge < -0.3 is 15.1 Å². The van der Waals surface area contributed by atoms with Crippen LogP contribution in [0.4, 0.5) is 0 Å². The summed E-state index contributed by atoms with van der Waals surface area (Å²) < 4.78 is 0. The Morgan fingerprint density at radius 2 is 0.795 bits per heavy atom. The Morgan fingerprint density at radius 1 is 0.397 bits per heavy atom. The van der Waals surface area contributed by atoms with Crippen LogP contribution in [0.5, 0.6) is 0 Å². The first-order chi connectivity index (χ1) is 34.1. The van der Waals surface area contributed by atoms with Crippen molar-refractivity contribution in [2.75, 3.05) is 0 Å². The van der Waals surface area contributed by atoms with Crippen molar-refractivity contribution in [1.82, 2.24) is 19.9 Å². The fourth-order valence-electron chi connectivity index (χ4n) is 10.6. The minimum absolute atomic E-state index is 0. The summed E-state index contributed by atoms with van der Waals surface area (Å²) in [5.41, 5.74) is 19.1. The predicted octanol–water partition coefficient (Wildman–Crippen LogP) is 17.0. The molecular weight excluding hydrogens is 935 g/mol. The number of aliphatic hydroxyl groups is 1. The molecule has 2 aliphatic heterocycles. The molecule has 0 fully saturated rings. The third-order valence-electron chi connectivity index (χ3n) is 14.8. The van der Waals surface area contributed by atoms with Gasteiger partial charge >= 0.3 is 16.5 Å². The van der Waals surface area contributed by atoms with Crippen LogP contribution in [0.3, 0.4) is 0 Å². The third kappa shape index (κ3) is 8.87. The number of fused-ring (bicyclic) bond motifs is 10. The Hall–Kier alpha value is -6.85. The first-order valence-corrected chi connectivity index (χ1v) is 25.5. The van der Waals surface area contributed by atoms with Crippen molar-refractivity contribution in [2.24, 2.45) is 0 Å². The standard InChI is InChI=1S/C67H64N4O.Ni/c1-64(2,3)43-24-18-40(19-25-43)56-49-32-33-50(68-49)57(41-20-26-44(27-21-41)65(4,5)6)52-35-37-54(70-52)59-47-31-30-46(67(10,11)12)38-48(47)55(39-16-14-13-15-17-39)60-61(59)71-62(63(60)72)58(53-36-34-51(56)69-53)42-22-28-45(29-23-42)66(7,8)9;/h13-38,63,72H,1-12H3;/q-2;+2. The number of aliphatic hydroxyl groups excluding tert-OH is 1. The van der Waals surface area contributed by atoms with Crippen LogP contribution in [0.15, 0.2) is 146 Å². The van der Waals surface area contributed by atoms with Gasteiger partial charge in [-0.1, -0.05) is 223 Å². The number of aromatic nitrogens is 4. The second kappa shape index (κ2) is 18.0. The minimum atomic E-state index is -1.10. The summed E-state index contributed by atoms with van der Waals surface area (Å²) in [6.07, 6.45) is 3.17. The maximum Gasteiger partial charge on any atom is 2.00 e. The predicted molar refractivity (Wildman–Crippen MR) is 303 cm³/mol. The van der Waals surface area contributed by atoms with Gasteiger partial charge in [0.25, 0.3) is 0 Å². The zero-order chi connectivity index (χ0) is 50.6. The number of benzene rings is 6. The Morgan fingerprint density at radius 3 is 1.26 bits per heavy atom. The smallest absolute Gasteiger partial charge is 0.657 e. The quantitative estimate of drug-likeness (QED) is 0.178. The van der Waals surface area contributed by atoms with E-state index in [9.17, 15) is 5.11 Å². The Kier molecular flexibility index (Phi) is 12.2. The van der Waals surface area contributed by atoms with Crippen LogP contribution < -0.4 is 9.97 Å². The Bertz CT molecular complexity index is 3810. The molecule has 0 saturated carbocycles. The molecule has 0 radical (unpaired) electrons. The van der Waals surface area contributed by atoms with Crippen LogP contribution in [0.1, 0.15) is 134 Å². The summed E-state index contributed by atoms with van der Waals surface area (Å²) in [4.78, 5) is 22.5. The van der Waals surface area contributed by atoms with E-state index in [4.69, 9.17) is 19.9 Å². The molecule has 0 aliphatic carbocycles. The van der Waals surface area contributed by atoms with Crippen molar-refractivity contribution in [2.45, 2.75) is 111 Å². The van der Waals surface area contributed by atoms with E-state index < -0.39 is 6.10 Å². The molecule has 0 spiro atoms. The first kappa shape index (κ1) is 49.7. The summed E-state index contributed by atoms with van der Waals surface area (Å²) >= 11 is 0. The molecule has 5 heterocycles. The van der Waals surface area contributed by atoms with E-state index >= 15 is 0 Å². The van der Waals surface area contributed by atoms with E-state index in [1.807, 2.05) is 6.07 Å². The van der Waals surface area contributed by atoms with Crippen molar-refractivity contribution < 1.29 is 21.6 Å². The fourth-order valence-corrected chi connectivity index (χ4v) is 10.6. The van der Waals surface area contributed by atoms with E-state index in [0.717, 1.165) is 105 Å². The van der Waals surface area contributed by atoms with Crippen molar-refractivity contribution >= 4 is 55.9 Å². The summed E-state index contributed by atoms with van der Waals surface area (Å²) in [6.45, 7) is 26.9. The maximum atomic E-state index is 13.4. The molecule has 9 aromatic rings. The number of nitrogens with zero attached hydrogens (tertiary/aromatic N) is 4. The van der Waals surface area contributed by atoms with Crippen molar-refractivity contribution in [1.29, 1.82) is 0 Å². The van der Waals surface area contributed by atoms with Crippen LogP contribution >= 0.6 is 0 Å². The molecule has 1 atom stereocenters. The molecule has 6 heteroatoms. The fraction of sp³-hybridized carbons (Fsp3) is 0.254. The Labute approximate surface area is 440 Å². The zero-order valence-corrected chi connectivity index (χ0v) is 45.1. The molecule has 6 aromatic carbocycles. The van der Waals surface area contributed by atoms with Crippen LogP contribution in [0.25, 0.3) is 100 Å². The van der Waals surface area contributed by atoms with Crippen LogP contribution in [-0.4, -0.2) is 15.1 Å². The van der Waals surface area contributed by atoms with E-state index in [0.29, 0.717) is 5.69 Å². The van der Waals surface area contributed by atoms with Crippen molar-refractivity contribution in [3.63, 3.8) is 0 Å². The third-order valence-corrected chi connectivity index (χ3v) is 14.8. The summed E-state index contributed by atoms with van der Waals surface area (Å²) in [5.74, 6) is 0. The van der Waals surface area contributed by atoms with Gasteiger partial charge in [-0.2, -0.15) is 0 Å². The average Bonchev–Trinajstić information content (AvgIpc) is 4.17. The SMILES string of the molecule is CC(C)(C)c1ccc(-c2c3nc(c(-c4ccc(C(C)(C)C)cc4)c4ccc([n-]4)c4c5nc(c(-c6ccc(C(C)(C)C)cc6)c6ccc2[n-]6)C(O)c5c(-c2ccccc2)c2cc(C(C)(C)C)ccc24)C=C3)cc1.[Ni+2]. The molecule has 11 rings (SSSR count). The second-order valence-electron chi connectivity index (χ2n) is 24.0. The molecule has 0 amide bonds. The van der Waals surface area contributed by atoms with Gasteiger partial charge in [0.2, 0.25) is 0 Å². The van der Waals surface area contributed by atoms with Gasteiger partial charge in [0.1, 0.15) is 6.10 Å². The normalized spacial score (nSPS) is 14.1. The zero-order valence-electron chi connectivity index (χ0n) is 44.1. The monoisotopic (exact) mass is 998 g/mol. The molecule has 3 aromatic heterocycles. The summed E-state index contributed by atoms with van der Waals surface area (Å²) in [7, 11) is 0. The number of hydrogen-bond donors (Lipinski definition) is 1.